The number of piperazine rings is 1. The summed E-state index contributed by atoms with van der Waals surface area (Å²) in [7, 11) is 0. The molecule has 0 radical (unpaired) electrons. The maximum Gasteiger partial charge on any atom is 0.289 e. The normalized spacial score (nSPS) is 14.4. The average molecular weight is 377 g/mol. The van der Waals surface area contributed by atoms with Crippen molar-refractivity contribution in [1.29, 1.82) is 0 Å². The zero-order valence-corrected chi connectivity index (χ0v) is 16.3. The van der Waals surface area contributed by atoms with Gasteiger partial charge in [0, 0.05) is 43.6 Å². The smallest absolute Gasteiger partial charge is 0.289 e. The number of pyridine rings is 1. The van der Waals surface area contributed by atoms with Crippen LogP contribution in [-0.2, 0) is 0 Å². The summed E-state index contributed by atoms with van der Waals surface area (Å²) in [5.41, 5.74) is 2.75. The van der Waals surface area contributed by atoms with Crippen LogP contribution in [0.1, 0.15) is 27.6 Å². The van der Waals surface area contributed by atoms with Crippen molar-refractivity contribution in [2.45, 2.75) is 20.8 Å². The van der Waals surface area contributed by atoms with Crippen molar-refractivity contribution >= 4 is 11.7 Å². The van der Waals surface area contributed by atoms with Gasteiger partial charge in [-0.1, -0.05) is 6.07 Å². The lowest BCUT2D eigenvalue weighted by Crippen LogP contribution is -2.49. The van der Waals surface area contributed by atoms with Crippen LogP contribution in [-0.4, -0.2) is 51.9 Å². The summed E-state index contributed by atoms with van der Waals surface area (Å²) < 4.78 is 5.48. The number of nitrogens with zero attached hydrogens (tertiary/aromatic N) is 5. The lowest BCUT2D eigenvalue weighted by Gasteiger charge is -2.36. The van der Waals surface area contributed by atoms with Crippen molar-refractivity contribution < 1.29 is 9.21 Å². The van der Waals surface area contributed by atoms with Crippen molar-refractivity contribution in [2.24, 2.45) is 0 Å². The fraction of sp³-hybridized carbons (Fsp3) is 0.333. The molecular formula is C21H23N5O2. The molecule has 1 aliphatic rings. The molecule has 7 heteroatoms. The van der Waals surface area contributed by atoms with Crippen molar-refractivity contribution in [3.63, 3.8) is 0 Å². The highest BCUT2D eigenvalue weighted by Crippen LogP contribution is 2.25. The molecule has 0 aliphatic carbocycles. The summed E-state index contributed by atoms with van der Waals surface area (Å²) in [5, 5.41) is 0. The van der Waals surface area contributed by atoms with E-state index in [-0.39, 0.29) is 5.91 Å². The molecule has 0 saturated carbocycles. The summed E-state index contributed by atoms with van der Waals surface area (Å²) in [5.74, 6) is 2.63. The van der Waals surface area contributed by atoms with Crippen LogP contribution in [0.4, 0.5) is 5.82 Å². The molecule has 0 spiro atoms. The summed E-state index contributed by atoms with van der Waals surface area (Å²) in [6.45, 7) is 8.55. The second-order valence-corrected chi connectivity index (χ2v) is 6.99. The van der Waals surface area contributed by atoms with Gasteiger partial charge in [-0.3, -0.25) is 9.78 Å². The van der Waals surface area contributed by atoms with Crippen LogP contribution in [0.3, 0.4) is 0 Å². The maximum absolute atomic E-state index is 12.6. The summed E-state index contributed by atoms with van der Waals surface area (Å²) in [6, 6.07) is 9.27. The van der Waals surface area contributed by atoms with E-state index in [1.807, 2.05) is 49.9 Å². The molecule has 4 rings (SSSR count). The number of carbonyl (C=O) groups excluding carboxylic acids is 1. The third-order valence-corrected chi connectivity index (χ3v) is 5.08. The van der Waals surface area contributed by atoms with E-state index < -0.39 is 0 Å². The molecule has 3 aromatic heterocycles. The molecule has 7 nitrogen and oxygen atoms in total. The van der Waals surface area contributed by atoms with Crippen LogP contribution in [0.15, 0.2) is 40.9 Å². The van der Waals surface area contributed by atoms with Gasteiger partial charge in [-0.2, -0.15) is 0 Å². The van der Waals surface area contributed by atoms with Crippen molar-refractivity contribution in [3.8, 4) is 11.5 Å². The molecule has 1 saturated heterocycles. The quantitative estimate of drug-likeness (QED) is 0.698. The Kier molecular flexibility index (Phi) is 4.81. The van der Waals surface area contributed by atoms with Gasteiger partial charge in [0.15, 0.2) is 11.6 Å². The predicted octanol–water partition coefficient (Wildman–Crippen LogP) is 3.02. The van der Waals surface area contributed by atoms with Gasteiger partial charge in [0.2, 0.25) is 0 Å². The predicted molar refractivity (Wildman–Crippen MR) is 106 cm³/mol. The van der Waals surface area contributed by atoms with Crippen LogP contribution in [0, 0.1) is 20.8 Å². The number of hydrogen-bond acceptors (Lipinski definition) is 6. The van der Waals surface area contributed by atoms with E-state index in [1.54, 1.807) is 12.3 Å². The minimum Gasteiger partial charge on any atom is -0.456 e. The second-order valence-electron chi connectivity index (χ2n) is 6.99. The maximum atomic E-state index is 12.6. The Morgan fingerprint density at radius 2 is 1.79 bits per heavy atom. The Hall–Kier alpha value is -3.22. The SMILES string of the molecule is Cc1ccc(C(=O)N2CCN(c3nc(-c4ccccn4)nc(C)c3C)CC2)o1. The van der Waals surface area contributed by atoms with E-state index in [4.69, 9.17) is 9.40 Å². The van der Waals surface area contributed by atoms with Crippen molar-refractivity contribution in [3.05, 3.63) is 59.3 Å². The third kappa shape index (κ3) is 3.47. The van der Waals surface area contributed by atoms with Gasteiger partial charge in [0.05, 0.1) is 0 Å². The van der Waals surface area contributed by atoms with E-state index in [9.17, 15) is 4.79 Å². The first-order valence-electron chi connectivity index (χ1n) is 9.40. The molecule has 0 N–H and O–H groups in total. The number of hydrogen-bond donors (Lipinski definition) is 0. The van der Waals surface area contributed by atoms with Gasteiger partial charge in [-0.25, -0.2) is 9.97 Å². The molecular weight excluding hydrogens is 354 g/mol. The molecule has 0 aromatic carbocycles. The minimum atomic E-state index is -0.0579. The molecule has 1 fully saturated rings. The molecule has 144 valence electrons. The second kappa shape index (κ2) is 7.42. The van der Waals surface area contributed by atoms with E-state index in [0.717, 1.165) is 28.5 Å². The Labute approximate surface area is 164 Å². The van der Waals surface area contributed by atoms with E-state index >= 15 is 0 Å². The van der Waals surface area contributed by atoms with Gasteiger partial charge < -0.3 is 14.2 Å². The lowest BCUT2D eigenvalue weighted by molar-refractivity contribution is 0.0713. The summed E-state index contributed by atoms with van der Waals surface area (Å²) in [6.07, 6.45) is 1.74. The Bertz CT molecular complexity index is 991. The minimum absolute atomic E-state index is 0.0579. The largest absolute Gasteiger partial charge is 0.456 e. The number of aryl methyl sites for hydroxylation is 2. The first kappa shape index (κ1) is 18.2. The number of carbonyl (C=O) groups is 1. The highest BCUT2D eigenvalue weighted by Gasteiger charge is 2.26. The van der Waals surface area contributed by atoms with Crippen LogP contribution in [0.2, 0.25) is 0 Å². The van der Waals surface area contributed by atoms with Crippen molar-refractivity contribution in [1.82, 2.24) is 19.9 Å². The van der Waals surface area contributed by atoms with Crippen LogP contribution in [0.5, 0.6) is 0 Å². The highest BCUT2D eigenvalue weighted by molar-refractivity contribution is 5.91. The third-order valence-electron chi connectivity index (χ3n) is 5.08. The average Bonchev–Trinajstić information content (AvgIpc) is 3.16. The molecule has 0 bridgehead atoms. The Morgan fingerprint density at radius 3 is 2.43 bits per heavy atom. The van der Waals surface area contributed by atoms with Gasteiger partial charge in [0.1, 0.15) is 17.3 Å². The first-order valence-corrected chi connectivity index (χ1v) is 9.40. The van der Waals surface area contributed by atoms with E-state index in [1.165, 1.54) is 0 Å². The van der Waals surface area contributed by atoms with Crippen LogP contribution >= 0.6 is 0 Å². The number of furan rings is 1. The molecule has 0 atom stereocenters. The van der Waals surface area contributed by atoms with Crippen LogP contribution < -0.4 is 4.90 Å². The zero-order valence-electron chi connectivity index (χ0n) is 16.3. The first-order chi connectivity index (χ1) is 13.5. The van der Waals surface area contributed by atoms with Crippen LogP contribution in [0.25, 0.3) is 11.5 Å². The number of amides is 1. The molecule has 28 heavy (non-hydrogen) atoms. The summed E-state index contributed by atoms with van der Waals surface area (Å²) in [4.78, 5) is 30.4. The molecule has 0 unspecified atom stereocenters. The monoisotopic (exact) mass is 377 g/mol. The fourth-order valence-electron chi connectivity index (χ4n) is 3.36. The Balaban J connectivity index is 1.53. The number of anilines is 1. The number of aromatic nitrogens is 3. The molecule has 1 amide bonds. The summed E-state index contributed by atoms with van der Waals surface area (Å²) >= 11 is 0. The van der Waals surface area contributed by atoms with Gasteiger partial charge in [-0.15, -0.1) is 0 Å². The number of rotatable bonds is 3. The van der Waals surface area contributed by atoms with Gasteiger partial charge in [-0.05, 0) is 45.0 Å². The Morgan fingerprint density at radius 1 is 1.00 bits per heavy atom. The van der Waals surface area contributed by atoms with E-state index in [2.05, 4.69) is 14.9 Å². The lowest BCUT2D eigenvalue weighted by atomic mass is 10.2. The molecule has 4 heterocycles. The van der Waals surface area contributed by atoms with Gasteiger partial charge >= 0.3 is 0 Å². The zero-order chi connectivity index (χ0) is 19.7. The molecule has 3 aromatic rings. The fourth-order valence-corrected chi connectivity index (χ4v) is 3.36. The van der Waals surface area contributed by atoms with Gasteiger partial charge in [0.25, 0.3) is 5.91 Å². The molecule has 1 aliphatic heterocycles. The highest BCUT2D eigenvalue weighted by atomic mass is 16.3. The van der Waals surface area contributed by atoms with Crippen molar-refractivity contribution in [2.75, 3.05) is 31.1 Å². The standard InChI is InChI=1S/C21H23N5O2/c1-14-7-8-18(28-14)21(27)26-12-10-25(11-13-26)20-15(2)16(3)23-19(24-20)17-6-4-5-9-22-17/h4-9H,10-13H2,1-3H3. The topological polar surface area (TPSA) is 75.4 Å². The van der Waals surface area contributed by atoms with E-state index in [0.29, 0.717) is 37.8 Å².